The number of amides is 1. The third-order valence-corrected chi connectivity index (χ3v) is 9.68. The van der Waals surface area contributed by atoms with Gasteiger partial charge in [0.1, 0.15) is 0 Å². The van der Waals surface area contributed by atoms with Crippen LogP contribution >= 0.6 is 0 Å². The molecule has 5 fully saturated rings. The molecule has 4 heteroatoms. The lowest BCUT2D eigenvalue weighted by Gasteiger charge is -2.61. The molecular formula is C22H35FN2O. The quantitative estimate of drug-likeness (QED) is 0.744. The summed E-state index contributed by atoms with van der Waals surface area (Å²) in [7, 11) is 2.03. The summed E-state index contributed by atoms with van der Waals surface area (Å²) in [6.07, 6.45) is 10.5. The van der Waals surface area contributed by atoms with Gasteiger partial charge in [-0.2, -0.15) is 0 Å². The van der Waals surface area contributed by atoms with Gasteiger partial charge in [0.15, 0.2) is 5.79 Å². The van der Waals surface area contributed by atoms with Gasteiger partial charge < -0.3 is 4.90 Å². The Labute approximate surface area is 157 Å². The van der Waals surface area contributed by atoms with Crippen LogP contribution in [0.15, 0.2) is 0 Å². The van der Waals surface area contributed by atoms with Crippen LogP contribution in [-0.4, -0.2) is 35.7 Å². The van der Waals surface area contributed by atoms with Crippen LogP contribution in [0.1, 0.15) is 78.1 Å². The Morgan fingerprint density at radius 2 is 1.69 bits per heavy atom. The highest BCUT2D eigenvalue weighted by atomic mass is 19.1. The molecule has 2 unspecified atom stereocenters. The molecule has 0 bridgehead atoms. The molecule has 5 rings (SSSR count). The van der Waals surface area contributed by atoms with E-state index >= 15 is 0 Å². The molecule has 1 heterocycles. The van der Waals surface area contributed by atoms with Crippen molar-refractivity contribution < 1.29 is 9.18 Å². The molecule has 5 aliphatic rings. The number of carbonyl (C=O) groups is 1. The molecule has 146 valence electrons. The van der Waals surface area contributed by atoms with Gasteiger partial charge in [-0.15, -0.1) is 0 Å². The van der Waals surface area contributed by atoms with E-state index in [2.05, 4.69) is 24.1 Å². The maximum Gasteiger partial charge on any atom is 0.222 e. The van der Waals surface area contributed by atoms with Crippen LogP contribution in [0.4, 0.5) is 4.39 Å². The van der Waals surface area contributed by atoms with E-state index in [1.165, 1.54) is 25.7 Å². The first-order chi connectivity index (χ1) is 12.3. The van der Waals surface area contributed by atoms with Crippen LogP contribution in [-0.2, 0) is 4.79 Å². The van der Waals surface area contributed by atoms with E-state index in [-0.39, 0.29) is 10.8 Å². The fourth-order valence-electron chi connectivity index (χ4n) is 7.95. The van der Waals surface area contributed by atoms with Crippen molar-refractivity contribution in [2.45, 2.75) is 95.9 Å². The predicted molar refractivity (Wildman–Crippen MR) is 100 cm³/mol. The molecule has 3 nitrogen and oxygen atoms in total. The molecule has 0 spiro atoms. The maximum atomic E-state index is 14.4. The monoisotopic (exact) mass is 362 g/mol. The van der Waals surface area contributed by atoms with Crippen LogP contribution < -0.4 is 5.32 Å². The van der Waals surface area contributed by atoms with Gasteiger partial charge in [-0.05, 0) is 86.4 Å². The van der Waals surface area contributed by atoms with Crippen LogP contribution in [0, 0.1) is 28.6 Å². The van der Waals surface area contributed by atoms with Gasteiger partial charge in [0.05, 0.1) is 0 Å². The molecule has 4 aliphatic carbocycles. The third-order valence-electron chi connectivity index (χ3n) is 9.68. The Balaban J connectivity index is 1.40. The number of nitrogens with zero attached hydrogens (tertiary/aromatic N) is 1. The molecule has 1 aliphatic heterocycles. The molecular weight excluding hydrogens is 327 g/mol. The van der Waals surface area contributed by atoms with Gasteiger partial charge in [-0.3, -0.25) is 10.1 Å². The number of piperidine rings is 1. The van der Waals surface area contributed by atoms with Crippen LogP contribution in [0.3, 0.4) is 0 Å². The highest BCUT2D eigenvalue weighted by Crippen LogP contribution is 2.65. The van der Waals surface area contributed by atoms with Gasteiger partial charge in [0.2, 0.25) is 5.91 Å². The summed E-state index contributed by atoms with van der Waals surface area (Å²) >= 11 is 0. The molecule has 0 radical (unpaired) electrons. The fourth-order valence-corrected chi connectivity index (χ4v) is 7.95. The average Bonchev–Trinajstić information content (AvgIpc) is 3.24. The number of rotatable bonds is 2. The first kappa shape index (κ1) is 17.5. The number of nitrogens with one attached hydrogen (secondary N) is 1. The summed E-state index contributed by atoms with van der Waals surface area (Å²) in [5.41, 5.74) is 0.554. The smallest absolute Gasteiger partial charge is 0.222 e. The van der Waals surface area contributed by atoms with Gasteiger partial charge in [0.25, 0.3) is 0 Å². The highest BCUT2D eigenvalue weighted by Gasteiger charge is 2.62. The Morgan fingerprint density at radius 1 is 0.962 bits per heavy atom. The molecule has 0 aromatic rings. The first-order valence-electron chi connectivity index (χ1n) is 11.0. The lowest BCUT2D eigenvalue weighted by Crippen LogP contribution is -2.62. The summed E-state index contributed by atoms with van der Waals surface area (Å²) in [6.45, 7) is 4.93. The van der Waals surface area contributed by atoms with E-state index in [9.17, 15) is 9.18 Å². The van der Waals surface area contributed by atoms with E-state index < -0.39 is 5.79 Å². The Morgan fingerprint density at radius 3 is 2.42 bits per heavy atom. The lowest BCUT2D eigenvalue weighted by molar-refractivity contribution is -0.157. The minimum atomic E-state index is -1.05. The van der Waals surface area contributed by atoms with Crippen molar-refractivity contribution in [1.29, 1.82) is 0 Å². The molecule has 1 N–H and O–H groups in total. The number of alkyl halides is 1. The van der Waals surface area contributed by atoms with Gasteiger partial charge in [-0.1, -0.05) is 13.8 Å². The van der Waals surface area contributed by atoms with E-state index in [1.807, 2.05) is 7.05 Å². The van der Waals surface area contributed by atoms with Crippen LogP contribution in [0.25, 0.3) is 0 Å². The largest absolute Gasteiger partial charge is 0.342 e. The third kappa shape index (κ3) is 2.29. The van der Waals surface area contributed by atoms with E-state index in [4.69, 9.17) is 0 Å². The zero-order valence-corrected chi connectivity index (χ0v) is 16.7. The van der Waals surface area contributed by atoms with Crippen molar-refractivity contribution in [3.63, 3.8) is 0 Å². The Kier molecular flexibility index (Phi) is 3.66. The average molecular weight is 363 g/mol. The zero-order valence-electron chi connectivity index (χ0n) is 16.7. The van der Waals surface area contributed by atoms with Crippen molar-refractivity contribution in [3.05, 3.63) is 0 Å². The highest BCUT2D eigenvalue weighted by molar-refractivity contribution is 5.77. The van der Waals surface area contributed by atoms with Gasteiger partial charge in [0, 0.05) is 25.6 Å². The summed E-state index contributed by atoms with van der Waals surface area (Å²) in [6, 6.07) is 0.798. The molecule has 1 amide bonds. The second kappa shape index (κ2) is 5.46. The van der Waals surface area contributed by atoms with Crippen molar-refractivity contribution in [2.75, 3.05) is 7.05 Å². The van der Waals surface area contributed by atoms with E-state index in [0.717, 1.165) is 43.4 Å². The number of fused-ring (bicyclic) bond motifs is 5. The van der Waals surface area contributed by atoms with Crippen molar-refractivity contribution >= 4 is 5.91 Å². The number of likely N-dealkylation sites (tertiary alicyclic amines) is 1. The van der Waals surface area contributed by atoms with Gasteiger partial charge in [-0.25, -0.2) is 4.39 Å². The Hall–Kier alpha value is -0.640. The molecule has 0 aromatic heterocycles. The maximum absolute atomic E-state index is 14.4. The molecule has 1 saturated heterocycles. The molecule has 0 aromatic carbocycles. The summed E-state index contributed by atoms with van der Waals surface area (Å²) in [5, 5.41) is 3.42. The zero-order chi connectivity index (χ0) is 18.3. The van der Waals surface area contributed by atoms with Crippen molar-refractivity contribution in [2.24, 2.45) is 28.6 Å². The van der Waals surface area contributed by atoms with Crippen molar-refractivity contribution in [1.82, 2.24) is 10.2 Å². The SMILES string of the molecule is CN1C(=O)CC[C@@]2(C)C1CC[C@@H]1[C@H]2CC[C@]2(C)C(NC3(F)CC3)CC[C@@H]12. The fraction of sp³-hybridized carbons (Fsp3) is 0.955. The van der Waals surface area contributed by atoms with E-state index in [0.29, 0.717) is 30.8 Å². The number of halogens is 1. The predicted octanol–water partition coefficient (Wildman–Crippen LogP) is 4.27. The Bertz CT molecular complexity index is 619. The standard InChI is InChI=1S/C22H35FN2O/c1-20-10-8-16-14(15(20)5-6-17(20)24-22(23)12-13-22)4-7-18-21(16,2)11-9-19(26)25(18)3/h14-18,24H,4-13H2,1-3H3/t14-,15-,16+,17?,18?,20-,21+/m0/s1. The molecule has 4 saturated carbocycles. The molecule has 26 heavy (non-hydrogen) atoms. The lowest BCUT2D eigenvalue weighted by atomic mass is 9.47. The summed E-state index contributed by atoms with van der Waals surface area (Å²) in [5.74, 6) is 1.55. The normalized spacial score (nSPS) is 52.2. The number of hydrogen-bond acceptors (Lipinski definition) is 2. The second-order valence-electron chi connectivity index (χ2n) is 10.8. The minimum Gasteiger partial charge on any atom is -0.342 e. The second-order valence-corrected chi connectivity index (χ2v) is 10.8. The minimum absolute atomic E-state index is 0.266. The number of carbonyl (C=O) groups excluding carboxylic acids is 1. The van der Waals surface area contributed by atoms with Gasteiger partial charge >= 0.3 is 0 Å². The molecule has 7 atom stereocenters. The summed E-state index contributed by atoms with van der Waals surface area (Å²) in [4.78, 5) is 14.3. The van der Waals surface area contributed by atoms with Crippen LogP contribution in [0.2, 0.25) is 0 Å². The topological polar surface area (TPSA) is 32.3 Å². The number of hydrogen-bond donors (Lipinski definition) is 1. The van der Waals surface area contributed by atoms with Crippen LogP contribution in [0.5, 0.6) is 0 Å². The first-order valence-corrected chi connectivity index (χ1v) is 11.0. The summed E-state index contributed by atoms with van der Waals surface area (Å²) < 4.78 is 14.4. The van der Waals surface area contributed by atoms with Crippen molar-refractivity contribution in [3.8, 4) is 0 Å². The van der Waals surface area contributed by atoms with E-state index in [1.54, 1.807) is 0 Å².